The molecule has 428 valence electrons. The summed E-state index contributed by atoms with van der Waals surface area (Å²) in [4.78, 5) is 103. The van der Waals surface area contributed by atoms with Crippen molar-refractivity contribution in [3.63, 3.8) is 0 Å². The highest BCUT2D eigenvalue weighted by atomic mass is 16.2. The first kappa shape index (κ1) is 57.1. The molecule has 0 saturated carbocycles. The van der Waals surface area contributed by atoms with Crippen LogP contribution in [0.1, 0.15) is 55.6 Å². The smallest absolute Gasteiger partial charge is 0.247 e. The molecule has 89 heavy (non-hydrogen) atoms. The Kier molecular flexibility index (Phi) is 16.8. The number of isocyanates is 4. The summed E-state index contributed by atoms with van der Waals surface area (Å²) in [7, 11) is 0. The average Bonchev–Trinajstić information content (AvgIpc) is 0.914. The Labute approximate surface area is 511 Å². The molecule has 0 spiro atoms. The van der Waals surface area contributed by atoms with Crippen LogP contribution in [-0.4, -0.2) is 48.3 Å². The second-order valence-corrected chi connectivity index (χ2v) is 21.1. The summed E-state index contributed by atoms with van der Waals surface area (Å²) in [6, 6.07) is 76.0. The van der Waals surface area contributed by atoms with Gasteiger partial charge in [-0.1, -0.05) is 121 Å². The molecule has 2 aliphatic heterocycles. The molecule has 2 aliphatic rings. The molecule has 0 N–H and O–H groups in total. The van der Waals surface area contributed by atoms with E-state index in [1.54, 1.807) is 92.5 Å². The van der Waals surface area contributed by atoms with Crippen LogP contribution in [0.3, 0.4) is 0 Å². The fourth-order valence-electron chi connectivity index (χ4n) is 10.6. The van der Waals surface area contributed by atoms with E-state index < -0.39 is 0 Å². The van der Waals surface area contributed by atoms with E-state index in [4.69, 9.17) is 9.98 Å². The molecule has 0 radical (unpaired) electrons. The highest BCUT2D eigenvalue weighted by Gasteiger charge is 2.45. The standard InChI is InChI=1S/C73H50N10O6/c84-46-74-60-21-1-50(2-22-60)41-54-9-29-64(30-10-54)78-70-80(66-33-13-56(14-34-66)43-52-5-25-62(26-6-52)76-48-86)72(88)82(70)68-37-17-58(18-38-68)45-59-19-39-69(40-20-59)83-71(79-65-31-11-55(12-32-65)42-51-3-23-61(24-4-51)75-47-85)81(73(83)89)67-35-15-57(16-36-67)44-53-7-27-63(28-8-53)77-49-87/h1-40H,41-45H2/b78-70-,79-71+. The minimum atomic E-state index is -0.265. The summed E-state index contributed by atoms with van der Waals surface area (Å²) >= 11 is 0. The maximum atomic E-state index is 14.3. The summed E-state index contributed by atoms with van der Waals surface area (Å²) in [5, 5.41) is 0. The maximum Gasteiger partial charge on any atom is 0.342 e. The van der Waals surface area contributed by atoms with Gasteiger partial charge in [0.05, 0.1) is 56.9 Å². The van der Waals surface area contributed by atoms with Gasteiger partial charge in [-0.3, -0.25) is 0 Å². The van der Waals surface area contributed by atoms with Crippen molar-refractivity contribution >= 4 is 105 Å². The SMILES string of the molecule is O=C=Nc1ccc(Cc2ccc(/N=C3\N(c4ccc(Cc5ccc(N=C=O)cc5)cc4)C(=O)N3c3ccc(Cc4ccc(N5C(=O)N(c6ccc(Cc7ccc(N=C=O)cc7)cc6)/C5=N/c5ccc(Cc6ccc(N=C=O)cc6)cc5)cc4)cc3)cc2)cc1. The molecular weight excluding hydrogens is 1110 g/mol. The molecule has 4 amide bonds. The molecule has 16 heteroatoms. The van der Waals surface area contributed by atoms with Gasteiger partial charge in [0.15, 0.2) is 0 Å². The molecule has 2 heterocycles. The van der Waals surface area contributed by atoms with Gasteiger partial charge in [-0.25, -0.2) is 58.4 Å². The van der Waals surface area contributed by atoms with Crippen LogP contribution < -0.4 is 19.6 Å². The third-order valence-corrected chi connectivity index (χ3v) is 15.2. The third-order valence-electron chi connectivity index (χ3n) is 15.2. The van der Waals surface area contributed by atoms with E-state index in [0.717, 1.165) is 55.6 Å². The highest BCUT2D eigenvalue weighted by Crippen LogP contribution is 2.36. The Morgan fingerprint density at radius 3 is 0.551 bits per heavy atom. The van der Waals surface area contributed by atoms with Crippen LogP contribution in [0.15, 0.2) is 273 Å². The zero-order valence-electron chi connectivity index (χ0n) is 47.6. The molecule has 0 unspecified atom stereocenters. The monoisotopic (exact) mass is 1160 g/mol. The van der Waals surface area contributed by atoms with Gasteiger partial charge < -0.3 is 0 Å². The quantitative estimate of drug-likeness (QED) is 0.0539. The van der Waals surface area contributed by atoms with Crippen molar-refractivity contribution in [3.05, 3.63) is 298 Å². The highest BCUT2D eigenvalue weighted by molar-refractivity contribution is 6.44. The van der Waals surface area contributed by atoms with Crippen molar-refractivity contribution in [2.24, 2.45) is 30.0 Å². The molecule has 2 fully saturated rings. The fourth-order valence-corrected chi connectivity index (χ4v) is 10.6. The van der Waals surface area contributed by atoms with Gasteiger partial charge in [-0.05, 0) is 209 Å². The number of guanidine groups is 2. The molecule has 0 aliphatic carbocycles. The number of rotatable bonds is 20. The van der Waals surface area contributed by atoms with Gasteiger partial charge in [0.25, 0.3) is 0 Å². The van der Waals surface area contributed by atoms with E-state index in [2.05, 4.69) is 20.0 Å². The van der Waals surface area contributed by atoms with Crippen LogP contribution in [0, 0.1) is 0 Å². The first-order valence-electron chi connectivity index (χ1n) is 28.3. The zero-order valence-corrected chi connectivity index (χ0v) is 47.6. The van der Waals surface area contributed by atoms with E-state index in [1.807, 2.05) is 194 Å². The Balaban J connectivity index is 0.764. The number of benzene rings is 10. The summed E-state index contributed by atoms with van der Waals surface area (Å²) in [5.41, 5.74) is 16.4. The van der Waals surface area contributed by atoms with Gasteiger partial charge in [0.1, 0.15) is 0 Å². The number of hydrogen-bond acceptors (Lipinski definition) is 12. The first-order chi connectivity index (χ1) is 43.7. The van der Waals surface area contributed by atoms with Crippen molar-refractivity contribution in [2.75, 3.05) is 19.6 Å². The minimum Gasteiger partial charge on any atom is -0.247 e. The van der Waals surface area contributed by atoms with Crippen molar-refractivity contribution in [2.45, 2.75) is 32.1 Å². The van der Waals surface area contributed by atoms with Crippen molar-refractivity contribution in [1.29, 1.82) is 0 Å². The van der Waals surface area contributed by atoms with Crippen molar-refractivity contribution in [3.8, 4) is 0 Å². The Hall–Kier alpha value is -12.4. The molecule has 10 aromatic rings. The molecule has 0 bridgehead atoms. The second-order valence-electron chi connectivity index (χ2n) is 21.1. The van der Waals surface area contributed by atoms with E-state index >= 15 is 0 Å². The summed E-state index contributed by atoms with van der Waals surface area (Å²) in [6.45, 7) is 0. The maximum absolute atomic E-state index is 14.3. The van der Waals surface area contributed by atoms with E-state index in [1.165, 1.54) is 0 Å². The van der Waals surface area contributed by atoms with E-state index in [0.29, 0.717) is 101 Å². The van der Waals surface area contributed by atoms with Crippen LogP contribution in [-0.2, 0) is 51.3 Å². The summed E-state index contributed by atoms with van der Waals surface area (Å²) in [6.07, 6.45) is 9.43. The number of amides is 4. The van der Waals surface area contributed by atoms with Gasteiger partial charge in [0.2, 0.25) is 36.2 Å². The lowest BCUT2D eigenvalue weighted by molar-refractivity contribution is 0.252. The number of urea groups is 2. The number of anilines is 4. The predicted octanol–water partition coefficient (Wildman–Crippen LogP) is 15.8. The van der Waals surface area contributed by atoms with Gasteiger partial charge >= 0.3 is 12.1 Å². The van der Waals surface area contributed by atoms with Crippen LogP contribution in [0.5, 0.6) is 0 Å². The normalized spacial score (nSPS) is 13.4. The number of carbonyl (C=O) groups is 2. The lowest BCUT2D eigenvalue weighted by Gasteiger charge is -2.42. The Morgan fingerprint density at radius 1 is 0.225 bits per heavy atom. The second kappa shape index (κ2) is 26.3. The minimum absolute atomic E-state index is 0.265. The lowest BCUT2D eigenvalue weighted by Crippen LogP contribution is -2.65. The van der Waals surface area contributed by atoms with Gasteiger partial charge in [0, 0.05) is 0 Å². The molecule has 0 atom stereocenters. The molecule has 10 aromatic carbocycles. The van der Waals surface area contributed by atoms with E-state index in [-0.39, 0.29) is 12.1 Å². The summed E-state index contributed by atoms with van der Waals surface area (Å²) in [5.74, 6) is 0.871. The van der Waals surface area contributed by atoms with Gasteiger partial charge in [-0.2, -0.15) is 20.0 Å². The molecule has 12 rings (SSSR count). The van der Waals surface area contributed by atoms with Crippen molar-refractivity contribution < 1.29 is 28.8 Å². The zero-order chi connectivity index (χ0) is 61.1. The average molecular weight is 1160 g/mol. The van der Waals surface area contributed by atoms with Crippen molar-refractivity contribution in [1.82, 2.24) is 0 Å². The lowest BCUT2D eigenvalue weighted by atomic mass is 10.0. The van der Waals surface area contributed by atoms with Crippen LogP contribution in [0.4, 0.5) is 66.5 Å². The van der Waals surface area contributed by atoms with Crippen LogP contribution >= 0.6 is 0 Å². The predicted molar refractivity (Wildman–Crippen MR) is 344 cm³/mol. The Bertz CT molecular complexity index is 4220. The number of nitrogens with zero attached hydrogens (tertiary/aromatic N) is 10. The topological polar surface area (TPSA) is 190 Å². The first-order valence-corrected chi connectivity index (χ1v) is 28.3. The molecule has 2 saturated heterocycles. The Morgan fingerprint density at radius 2 is 0.382 bits per heavy atom. The van der Waals surface area contributed by atoms with Crippen LogP contribution in [0.25, 0.3) is 0 Å². The largest absolute Gasteiger partial charge is 0.342 e. The van der Waals surface area contributed by atoms with E-state index in [9.17, 15) is 28.8 Å². The van der Waals surface area contributed by atoms with Gasteiger partial charge in [-0.15, -0.1) is 0 Å². The fraction of sp³-hybridized carbons (Fsp3) is 0.0685. The third kappa shape index (κ3) is 13.3. The molecule has 0 aromatic heterocycles. The number of aliphatic imine (C=N–C) groups is 6. The summed E-state index contributed by atoms with van der Waals surface area (Å²) < 4.78 is 0. The number of hydrogen-bond donors (Lipinski definition) is 0. The molecular formula is C73H50N10O6. The molecule has 16 nitrogen and oxygen atoms in total. The number of carbonyl (C=O) groups excluding carboxylic acids is 6. The van der Waals surface area contributed by atoms with Crippen LogP contribution in [0.2, 0.25) is 0 Å².